The van der Waals surface area contributed by atoms with Crippen LogP contribution >= 0.6 is 0 Å². The van der Waals surface area contributed by atoms with Gasteiger partial charge in [0.05, 0.1) is 18.2 Å². The molecule has 0 unspecified atom stereocenters. The van der Waals surface area contributed by atoms with Crippen LogP contribution in [0.25, 0.3) is 0 Å². The molecule has 9 heteroatoms. The van der Waals surface area contributed by atoms with Gasteiger partial charge in [-0.15, -0.1) is 0 Å². The maximum atomic E-state index is 12.1. The second kappa shape index (κ2) is 8.90. The van der Waals surface area contributed by atoms with E-state index in [1.807, 2.05) is 26.8 Å². The summed E-state index contributed by atoms with van der Waals surface area (Å²) in [5.41, 5.74) is 1.74. The summed E-state index contributed by atoms with van der Waals surface area (Å²) < 4.78 is 10.2. The number of carbonyl (C=O) groups excluding carboxylic acids is 2. The third-order valence-electron chi connectivity index (χ3n) is 4.71. The van der Waals surface area contributed by atoms with Gasteiger partial charge in [0, 0.05) is 29.8 Å². The van der Waals surface area contributed by atoms with E-state index in [0.29, 0.717) is 17.5 Å². The molecule has 1 saturated carbocycles. The molecule has 1 fully saturated rings. The second-order valence-corrected chi connectivity index (χ2v) is 7.52. The van der Waals surface area contributed by atoms with E-state index >= 15 is 0 Å². The van der Waals surface area contributed by atoms with E-state index in [9.17, 15) is 9.59 Å². The monoisotopic (exact) mass is 389 g/mol. The number of aryl methyl sites for hydroxylation is 1. The van der Waals surface area contributed by atoms with Crippen molar-refractivity contribution in [2.45, 2.75) is 70.9 Å². The van der Waals surface area contributed by atoms with Crippen LogP contribution < -0.4 is 10.6 Å². The normalized spacial score (nSPS) is 19.4. The highest BCUT2D eigenvalue weighted by atomic mass is 16.6. The van der Waals surface area contributed by atoms with Crippen molar-refractivity contribution in [3.63, 3.8) is 0 Å². The van der Waals surface area contributed by atoms with E-state index in [1.54, 1.807) is 6.07 Å². The van der Waals surface area contributed by atoms with Gasteiger partial charge in [-0.2, -0.15) is 5.10 Å². The van der Waals surface area contributed by atoms with Gasteiger partial charge in [-0.05, 0) is 46.5 Å². The molecule has 1 aliphatic carbocycles. The Morgan fingerprint density at radius 1 is 1.29 bits per heavy atom. The van der Waals surface area contributed by atoms with Crippen molar-refractivity contribution in [3.8, 4) is 0 Å². The zero-order chi connectivity index (χ0) is 20.1. The van der Waals surface area contributed by atoms with Crippen molar-refractivity contribution in [2.75, 3.05) is 5.32 Å². The van der Waals surface area contributed by atoms with Crippen LogP contribution in [0.4, 0.5) is 10.6 Å². The predicted molar refractivity (Wildman–Crippen MR) is 102 cm³/mol. The SMILES string of the molecule is Cc1cc(CC(=O)Nc2cc(C3CCC(NC(=O)OC(C)C)CC3)[nH]n2)on1. The molecule has 3 rings (SSSR count). The highest BCUT2D eigenvalue weighted by molar-refractivity contribution is 5.91. The molecule has 1 aliphatic rings. The molecule has 152 valence electrons. The van der Waals surface area contributed by atoms with Gasteiger partial charge in [-0.3, -0.25) is 9.89 Å². The topological polar surface area (TPSA) is 122 Å². The average molecular weight is 389 g/mol. The molecule has 0 spiro atoms. The lowest BCUT2D eigenvalue weighted by Gasteiger charge is -2.28. The third kappa shape index (κ3) is 5.58. The first-order valence-electron chi connectivity index (χ1n) is 9.63. The average Bonchev–Trinajstić information content (AvgIpc) is 3.24. The number of hydrogen-bond donors (Lipinski definition) is 3. The highest BCUT2D eigenvalue weighted by Gasteiger charge is 2.25. The van der Waals surface area contributed by atoms with E-state index in [-0.39, 0.29) is 30.6 Å². The van der Waals surface area contributed by atoms with Gasteiger partial charge < -0.3 is 19.9 Å². The number of anilines is 1. The van der Waals surface area contributed by atoms with Gasteiger partial charge in [-0.25, -0.2) is 4.79 Å². The number of amides is 2. The first-order valence-corrected chi connectivity index (χ1v) is 9.63. The third-order valence-corrected chi connectivity index (χ3v) is 4.71. The fourth-order valence-electron chi connectivity index (χ4n) is 3.42. The minimum absolute atomic E-state index is 0.117. The van der Waals surface area contributed by atoms with E-state index in [4.69, 9.17) is 9.26 Å². The molecule has 0 aliphatic heterocycles. The molecule has 0 saturated heterocycles. The van der Waals surface area contributed by atoms with Crippen molar-refractivity contribution in [2.24, 2.45) is 0 Å². The number of nitrogens with zero attached hydrogens (tertiary/aromatic N) is 2. The summed E-state index contributed by atoms with van der Waals surface area (Å²) in [5.74, 6) is 1.14. The van der Waals surface area contributed by atoms with Crippen LogP contribution in [-0.4, -0.2) is 39.5 Å². The van der Waals surface area contributed by atoms with Gasteiger partial charge in [0.1, 0.15) is 5.76 Å². The molecule has 0 radical (unpaired) electrons. The Morgan fingerprint density at radius 2 is 2.04 bits per heavy atom. The lowest BCUT2D eigenvalue weighted by atomic mass is 9.84. The lowest BCUT2D eigenvalue weighted by molar-refractivity contribution is -0.115. The molecule has 2 aromatic rings. The van der Waals surface area contributed by atoms with Crippen LogP contribution in [0.3, 0.4) is 0 Å². The quantitative estimate of drug-likeness (QED) is 0.698. The Balaban J connectivity index is 1.45. The van der Waals surface area contributed by atoms with E-state index in [0.717, 1.165) is 37.1 Å². The van der Waals surface area contributed by atoms with E-state index in [2.05, 4.69) is 26.0 Å². The number of carbonyl (C=O) groups is 2. The minimum atomic E-state index is -0.355. The Hall–Kier alpha value is -2.84. The van der Waals surface area contributed by atoms with Crippen LogP contribution in [0.2, 0.25) is 0 Å². The summed E-state index contributed by atoms with van der Waals surface area (Å²) in [6, 6.07) is 3.74. The molecule has 0 bridgehead atoms. The second-order valence-electron chi connectivity index (χ2n) is 7.52. The van der Waals surface area contributed by atoms with Crippen LogP contribution in [0, 0.1) is 6.92 Å². The smallest absolute Gasteiger partial charge is 0.407 e. The van der Waals surface area contributed by atoms with Crippen molar-refractivity contribution in [1.82, 2.24) is 20.7 Å². The minimum Gasteiger partial charge on any atom is -0.447 e. The molecule has 0 aromatic carbocycles. The maximum Gasteiger partial charge on any atom is 0.407 e. The molecule has 2 aromatic heterocycles. The number of aromatic nitrogens is 3. The molecule has 2 heterocycles. The summed E-state index contributed by atoms with van der Waals surface area (Å²) in [6.45, 7) is 5.47. The number of alkyl carbamates (subject to hydrolysis) is 1. The largest absolute Gasteiger partial charge is 0.447 e. The zero-order valence-electron chi connectivity index (χ0n) is 16.4. The van der Waals surface area contributed by atoms with Crippen LogP contribution in [0.15, 0.2) is 16.7 Å². The van der Waals surface area contributed by atoms with Gasteiger partial charge >= 0.3 is 6.09 Å². The zero-order valence-corrected chi connectivity index (χ0v) is 16.4. The molecular weight excluding hydrogens is 362 g/mol. The number of nitrogens with one attached hydrogen (secondary N) is 3. The standard InChI is InChI=1S/C19H27N5O4/c1-11(2)27-19(26)20-14-6-4-13(5-7-14)16-10-17(23-22-16)21-18(25)9-15-8-12(3)24-28-15/h8,10-11,13-14H,4-7,9H2,1-3H3,(H,20,26)(H2,21,22,23,25). The Bertz CT molecular complexity index is 805. The van der Waals surface area contributed by atoms with Gasteiger partial charge in [-0.1, -0.05) is 5.16 Å². The summed E-state index contributed by atoms with van der Waals surface area (Å²) in [5, 5.41) is 16.7. The number of rotatable bonds is 6. The van der Waals surface area contributed by atoms with Crippen molar-refractivity contribution >= 4 is 17.8 Å². The Kier molecular flexibility index (Phi) is 6.33. The first kappa shape index (κ1) is 19.9. The molecule has 9 nitrogen and oxygen atoms in total. The lowest BCUT2D eigenvalue weighted by Crippen LogP contribution is -2.38. The fourth-order valence-corrected chi connectivity index (χ4v) is 3.42. The number of H-pyrrole nitrogens is 1. The Labute approximate surface area is 163 Å². The van der Waals surface area contributed by atoms with Crippen molar-refractivity contribution < 1.29 is 18.8 Å². The van der Waals surface area contributed by atoms with E-state index in [1.165, 1.54) is 0 Å². The first-order chi connectivity index (χ1) is 13.4. The number of hydrogen-bond acceptors (Lipinski definition) is 6. The van der Waals surface area contributed by atoms with Gasteiger partial charge in [0.25, 0.3) is 0 Å². The summed E-state index contributed by atoms with van der Waals surface area (Å²) in [6.07, 6.45) is 3.26. The molecular formula is C19H27N5O4. The Morgan fingerprint density at radius 3 is 2.68 bits per heavy atom. The summed E-state index contributed by atoms with van der Waals surface area (Å²) in [7, 11) is 0. The van der Waals surface area contributed by atoms with E-state index < -0.39 is 0 Å². The highest BCUT2D eigenvalue weighted by Crippen LogP contribution is 2.32. The van der Waals surface area contributed by atoms with Crippen LogP contribution in [0.5, 0.6) is 0 Å². The molecule has 3 N–H and O–H groups in total. The number of ether oxygens (including phenoxy) is 1. The molecule has 28 heavy (non-hydrogen) atoms. The fraction of sp³-hybridized carbons (Fsp3) is 0.579. The van der Waals surface area contributed by atoms with Gasteiger partial charge in [0.15, 0.2) is 5.82 Å². The van der Waals surface area contributed by atoms with Crippen molar-refractivity contribution in [3.05, 3.63) is 29.3 Å². The van der Waals surface area contributed by atoms with Gasteiger partial charge in [0.2, 0.25) is 5.91 Å². The van der Waals surface area contributed by atoms with Crippen molar-refractivity contribution in [1.29, 1.82) is 0 Å². The van der Waals surface area contributed by atoms with Crippen LogP contribution in [0.1, 0.15) is 62.6 Å². The molecule has 0 atom stereocenters. The molecule has 2 amide bonds. The predicted octanol–water partition coefficient (Wildman–Crippen LogP) is 3.05. The van der Waals surface area contributed by atoms with Crippen LogP contribution in [-0.2, 0) is 16.0 Å². The summed E-state index contributed by atoms with van der Waals surface area (Å²) in [4.78, 5) is 23.8. The number of aromatic amines is 1. The summed E-state index contributed by atoms with van der Waals surface area (Å²) >= 11 is 0. The maximum absolute atomic E-state index is 12.1.